The standard InChI is InChI=1S/C21H26ClFN2S.C5H12.C4H7F.C2H6/c1-13-17(21(5,15-8-9-15)25-26-20(2,3)4)12-18(24-19(13)22)14-6-10-16(23)11-7-14;1-5(2,3)4;1-3-4(2)5;1-2/h6-7,10-12,15,25H,8-9H2,1-5H3;1-4H3;3H,1-2H3;1-2H3/b;;4-3+;. The van der Waals surface area contributed by atoms with E-state index in [1.807, 2.05) is 20.8 Å². The van der Waals surface area contributed by atoms with Gasteiger partial charge in [0.25, 0.3) is 0 Å². The van der Waals surface area contributed by atoms with Gasteiger partial charge < -0.3 is 0 Å². The number of allylic oxidation sites excluding steroid dienone is 2. The number of aromatic nitrogens is 1. The van der Waals surface area contributed by atoms with Gasteiger partial charge in [-0.2, -0.15) is 0 Å². The van der Waals surface area contributed by atoms with Gasteiger partial charge in [-0.3, -0.25) is 4.72 Å². The van der Waals surface area contributed by atoms with Crippen molar-refractivity contribution < 1.29 is 8.78 Å². The quantitative estimate of drug-likeness (QED) is 0.287. The fourth-order valence-corrected chi connectivity index (χ4v) is 4.15. The molecule has 0 bridgehead atoms. The maximum Gasteiger partial charge on any atom is 0.133 e. The largest absolute Gasteiger partial charge is 0.253 e. The summed E-state index contributed by atoms with van der Waals surface area (Å²) in [7, 11) is 0. The Labute approximate surface area is 241 Å². The van der Waals surface area contributed by atoms with Crippen molar-refractivity contribution in [2.24, 2.45) is 11.3 Å². The molecular weight excluding hydrogens is 518 g/mol. The summed E-state index contributed by atoms with van der Waals surface area (Å²) in [5.74, 6) is 0.207. The second-order valence-electron chi connectivity index (χ2n) is 12.1. The summed E-state index contributed by atoms with van der Waals surface area (Å²) in [4.78, 5) is 4.54. The molecule has 1 unspecified atom stereocenters. The highest BCUT2D eigenvalue weighted by Gasteiger charge is 2.44. The summed E-state index contributed by atoms with van der Waals surface area (Å²) in [6, 6.07) is 8.53. The van der Waals surface area contributed by atoms with Gasteiger partial charge in [0.1, 0.15) is 11.0 Å². The van der Waals surface area contributed by atoms with Crippen molar-refractivity contribution in [2.45, 2.75) is 113 Å². The second kappa shape index (κ2) is 16.0. The van der Waals surface area contributed by atoms with Crippen LogP contribution in [0.5, 0.6) is 0 Å². The Kier molecular flexibility index (Phi) is 15.4. The van der Waals surface area contributed by atoms with Gasteiger partial charge in [0, 0.05) is 10.3 Å². The number of rotatable bonds is 5. The number of hydrogen-bond acceptors (Lipinski definition) is 3. The number of pyridine rings is 1. The molecule has 0 radical (unpaired) electrons. The average Bonchev–Trinajstić information content (AvgIpc) is 3.66. The SMILES string of the molecule is C/C=C(\C)F.CC.CC(C)(C)C.Cc1c(C(C)(NSC(C)(C)C)C2CC2)cc(-c2ccc(F)cc2)nc1Cl. The van der Waals surface area contributed by atoms with Crippen molar-refractivity contribution in [3.05, 3.63) is 64.3 Å². The first-order chi connectivity index (χ1) is 17.4. The van der Waals surface area contributed by atoms with Crippen molar-refractivity contribution in [2.75, 3.05) is 0 Å². The van der Waals surface area contributed by atoms with Crippen LogP contribution in [0.3, 0.4) is 0 Å². The zero-order chi connectivity index (χ0) is 29.9. The Morgan fingerprint density at radius 3 is 1.84 bits per heavy atom. The normalized spacial score (nSPS) is 15.1. The van der Waals surface area contributed by atoms with E-state index >= 15 is 0 Å². The van der Waals surface area contributed by atoms with E-state index in [0.717, 1.165) is 16.8 Å². The predicted molar refractivity (Wildman–Crippen MR) is 167 cm³/mol. The maximum absolute atomic E-state index is 13.3. The van der Waals surface area contributed by atoms with E-state index in [0.29, 0.717) is 16.5 Å². The van der Waals surface area contributed by atoms with Crippen LogP contribution in [0.25, 0.3) is 11.3 Å². The van der Waals surface area contributed by atoms with E-state index in [-0.39, 0.29) is 21.9 Å². The number of halogens is 3. The molecule has 0 amide bonds. The third-order valence-electron chi connectivity index (χ3n) is 5.27. The number of nitrogens with one attached hydrogen (secondary N) is 1. The molecule has 6 heteroatoms. The van der Waals surface area contributed by atoms with Crippen LogP contribution < -0.4 is 4.72 Å². The zero-order valence-electron chi connectivity index (χ0n) is 25.9. The average molecular weight is 569 g/mol. The zero-order valence-corrected chi connectivity index (χ0v) is 27.5. The van der Waals surface area contributed by atoms with Gasteiger partial charge in [0.05, 0.1) is 17.1 Å². The van der Waals surface area contributed by atoms with Crippen LogP contribution in [0.2, 0.25) is 5.15 Å². The van der Waals surface area contributed by atoms with Crippen molar-refractivity contribution in [3.63, 3.8) is 0 Å². The van der Waals surface area contributed by atoms with Crippen LogP contribution in [0.4, 0.5) is 8.78 Å². The molecule has 1 saturated carbocycles. The Balaban J connectivity index is 0.000000963. The summed E-state index contributed by atoms with van der Waals surface area (Å²) >= 11 is 8.26. The summed E-state index contributed by atoms with van der Waals surface area (Å²) in [6.07, 6.45) is 3.83. The van der Waals surface area contributed by atoms with Crippen LogP contribution in [0.15, 0.2) is 42.2 Å². The second-order valence-corrected chi connectivity index (χ2v) is 14.1. The molecule has 0 saturated heterocycles. The minimum Gasteiger partial charge on any atom is -0.253 e. The lowest BCUT2D eigenvalue weighted by atomic mass is 9.85. The third kappa shape index (κ3) is 14.1. The molecule has 1 heterocycles. The minimum absolute atomic E-state index is 0.112. The Bertz CT molecular complexity index is 994. The first-order valence-corrected chi connectivity index (χ1v) is 14.7. The number of hydrogen-bond donors (Lipinski definition) is 1. The molecule has 1 N–H and O–H groups in total. The summed E-state index contributed by atoms with van der Waals surface area (Å²) in [6.45, 7) is 26.7. The molecule has 3 rings (SSSR count). The summed E-state index contributed by atoms with van der Waals surface area (Å²) < 4.78 is 28.4. The van der Waals surface area contributed by atoms with Crippen LogP contribution in [0, 0.1) is 24.1 Å². The van der Waals surface area contributed by atoms with Gasteiger partial charge in [-0.1, -0.05) is 71.2 Å². The highest BCUT2D eigenvalue weighted by molar-refractivity contribution is 7.98. The molecule has 0 spiro atoms. The molecule has 1 aromatic carbocycles. The van der Waals surface area contributed by atoms with Crippen molar-refractivity contribution in [3.8, 4) is 11.3 Å². The van der Waals surface area contributed by atoms with E-state index in [4.69, 9.17) is 11.6 Å². The Morgan fingerprint density at radius 2 is 1.47 bits per heavy atom. The van der Waals surface area contributed by atoms with Crippen LogP contribution >= 0.6 is 23.5 Å². The molecule has 216 valence electrons. The van der Waals surface area contributed by atoms with Crippen LogP contribution in [-0.4, -0.2) is 9.73 Å². The molecule has 1 fully saturated rings. The lowest BCUT2D eigenvalue weighted by Gasteiger charge is -2.35. The summed E-state index contributed by atoms with van der Waals surface area (Å²) in [5, 5.41) is 0.510. The first-order valence-electron chi connectivity index (χ1n) is 13.5. The number of benzene rings is 1. The first kappa shape index (κ1) is 36.6. The fourth-order valence-electron chi connectivity index (χ4n) is 3.16. The molecule has 1 aliphatic rings. The van der Waals surface area contributed by atoms with Gasteiger partial charge in [-0.15, -0.1) is 0 Å². The lowest BCUT2D eigenvalue weighted by molar-refractivity contribution is 0.389. The fraction of sp³-hybridized carbons (Fsp3) is 0.594. The van der Waals surface area contributed by atoms with Crippen molar-refractivity contribution >= 4 is 23.5 Å². The van der Waals surface area contributed by atoms with E-state index in [2.05, 4.69) is 71.2 Å². The van der Waals surface area contributed by atoms with Crippen molar-refractivity contribution in [1.82, 2.24) is 9.71 Å². The van der Waals surface area contributed by atoms with Gasteiger partial charge in [-0.05, 0) is 114 Å². The topological polar surface area (TPSA) is 24.9 Å². The predicted octanol–water partition coefficient (Wildman–Crippen LogP) is 11.5. The van der Waals surface area contributed by atoms with Crippen LogP contribution in [-0.2, 0) is 5.54 Å². The molecule has 1 aliphatic carbocycles. The Morgan fingerprint density at radius 1 is 1.03 bits per heavy atom. The van der Waals surface area contributed by atoms with Crippen LogP contribution in [0.1, 0.15) is 107 Å². The molecular formula is C32H51ClF2N2S. The van der Waals surface area contributed by atoms with Gasteiger partial charge in [-0.25, -0.2) is 13.8 Å². The lowest BCUT2D eigenvalue weighted by Crippen LogP contribution is -2.40. The highest BCUT2D eigenvalue weighted by atomic mass is 35.5. The molecule has 1 aromatic heterocycles. The highest BCUT2D eigenvalue weighted by Crippen LogP contribution is 2.49. The Hall–Kier alpha value is -1.43. The summed E-state index contributed by atoms with van der Waals surface area (Å²) in [5.41, 5.74) is 4.16. The molecule has 2 nitrogen and oxygen atoms in total. The molecule has 1 atom stereocenters. The monoisotopic (exact) mass is 568 g/mol. The van der Waals surface area contributed by atoms with Crippen molar-refractivity contribution in [1.29, 1.82) is 0 Å². The molecule has 0 aliphatic heterocycles. The van der Waals surface area contributed by atoms with Gasteiger partial charge in [0.15, 0.2) is 0 Å². The van der Waals surface area contributed by atoms with Gasteiger partial charge >= 0.3 is 0 Å². The smallest absolute Gasteiger partial charge is 0.133 e. The minimum atomic E-state index is -0.252. The number of nitrogens with zero attached hydrogens (tertiary/aromatic N) is 1. The van der Waals surface area contributed by atoms with E-state index in [9.17, 15) is 8.78 Å². The van der Waals surface area contributed by atoms with E-state index in [1.54, 1.807) is 31.0 Å². The molecule has 2 aromatic rings. The third-order valence-corrected chi connectivity index (χ3v) is 6.78. The maximum atomic E-state index is 13.3. The molecule has 38 heavy (non-hydrogen) atoms. The van der Waals surface area contributed by atoms with E-state index in [1.165, 1.54) is 43.5 Å². The van der Waals surface area contributed by atoms with Gasteiger partial charge in [0.2, 0.25) is 0 Å². The van der Waals surface area contributed by atoms with E-state index < -0.39 is 0 Å².